The van der Waals surface area contributed by atoms with Gasteiger partial charge >= 0.3 is 5.97 Å². The number of likely N-dealkylation sites (N-methyl/N-ethyl adjacent to an activating group) is 1. The largest absolute Gasteiger partial charge is 0.498 e. The summed E-state index contributed by atoms with van der Waals surface area (Å²) in [6, 6.07) is 0. The number of hydrogen-bond donors (Lipinski definition) is 1. The highest BCUT2D eigenvalue weighted by Gasteiger charge is 2.07. The zero-order valence-corrected chi connectivity index (χ0v) is 10.5. The molecule has 1 atom stereocenters. The predicted molar refractivity (Wildman–Crippen MR) is 61.8 cm³/mol. The van der Waals surface area contributed by atoms with Gasteiger partial charge in [0.05, 0.1) is 34.3 Å². The van der Waals surface area contributed by atoms with Crippen molar-refractivity contribution in [3.05, 3.63) is 12.7 Å². The van der Waals surface area contributed by atoms with Crippen molar-refractivity contribution in [2.75, 3.05) is 40.5 Å². The van der Waals surface area contributed by atoms with E-state index in [1.165, 1.54) is 0 Å². The summed E-state index contributed by atoms with van der Waals surface area (Å²) in [6.45, 7) is 4.32. The van der Waals surface area contributed by atoms with Gasteiger partial charge in [-0.25, -0.2) is 4.79 Å². The molecule has 5 heteroatoms. The Hall–Kier alpha value is -0.440. The van der Waals surface area contributed by atoms with E-state index in [1.54, 1.807) is 0 Å². The molecule has 0 rings (SSSR count). The van der Waals surface area contributed by atoms with Gasteiger partial charge in [0, 0.05) is 6.08 Å². The van der Waals surface area contributed by atoms with E-state index in [0.717, 1.165) is 19.1 Å². The summed E-state index contributed by atoms with van der Waals surface area (Å²) < 4.78 is 5.51. The predicted octanol–water partition coefficient (Wildman–Crippen LogP) is 0.686. The smallest absolute Gasteiger partial charge is 0.330 e. The van der Waals surface area contributed by atoms with Gasteiger partial charge < -0.3 is 22.9 Å². The van der Waals surface area contributed by atoms with Crippen LogP contribution in [0.3, 0.4) is 0 Å². The molecule has 0 saturated heterocycles. The molecule has 88 valence electrons. The van der Waals surface area contributed by atoms with E-state index in [2.05, 4.69) is 6.58 Å². The Bertz CT molecular complexity index is 213. The normalized spacial score (nSPS) is 14.1. The molecule has 0 aromatic carbocycles. The van der Waals surface area contributed by atoms with Crippen LogP contribution in [-0.4, -0.2) is 61.9 Å². The molecule has 1 N–H and O–H groups in total. The minimum absolute atomic E-state index is 0.334. The van der Waals surface area contributed by atoms with Gasteiger partial charge in [-0.2, -0.15) is 0 Å². The highest BCUT2D eigenvalue weighted by atomic mass is 31.1. The number of aliphatic hydroxyl groups is 1. The number of aliphatic hydroxyl groups excluding tert-OH is 1. The number of esters is 1. The third-order valence-corrected chi connectivity index (χ3v) is 2.58. The van der Waals surface area contributed by atoms with Crippen LogP contribution in [0.1, 0.15) is 0 Å². The monoisotopic (exact) mass is 233 g/mol. The molecule has 15 heavy (non-hydrogen) atoms. The molecular weight excluding hydrogens is 213 g/mol. The van der Waals surface area contributed by atoms with Gasteiger partial charge in [-0.05, 0) is 5.85 Å². The topological polar surface area (TPSA) is 46.5 Å². The number of hydrogen-bond acceptors (Lipinski definition) is 3. The SMILES string of the molecule is C=CC(=O)OCC[P-]C(O)C[N+](C)(C)C. The van der Waals surface area contributed by atoms with Crippen LogP contribution >= 0.6 is 8.58 Å². The Morgan fingerprint density at radius 3 is 2.67 bits per heavy atom. The maximum atomic E-state index is 10.7. The summed E-state index contributed by atoms with van der Waals surface area (Å²) in [5, 5.41) is 9.62. The fourth-order valence-electron chi connectivity index (χ4n) is 0.955. The first-order valence-electron chi connectivity index (χ1n) is 4.79. The van der Waals surface area contributed by atoms with Crippen molar-refractivity contribution in [1.82, 2.24) is 0 Å². The highest BCUT2D eigenvalue weighted by Crippen LogP contribution is 2.17. The fourth-order valence-corrected chi connectivity index (χ4v) is 2.05. The third-order valence-electron chi connectivity index (χ3n) is 1.55. The van der Waals surface area contributed by atoms with Crippen LogP contribution in [0.5, 0.6) is 0 Å². The van der Waals surface area contributed by atoms with Crippen LogP contribution in [0.25, 0.3) is 0 Å². The fraction of sp³-hybridized carbons (Fsp3) is 0.700. The maximum Gasteiger partial charge on any atom is 0.330 e. The summed E-state index contributed by atoms with van der Waals surface area (Å²) in [5.41, 5.74) is 0. The second-order valence-corrected chi connectivity index (χ2v) is 5.64. The second kappa shape index (κ2) is 6.94. The Balaban J connectivity index is 3.51. The molecular formula is C10H20NO3P. The van der Waals surface area contributed by atoms with E-state index in [9.17, 15) is 9.90 Å². The lowest BCUT2D eigenvalue weighted by atomic mass is 10.5. The number of carbonyl (C=O) groups is 1. The lowest BCUT2D eigenvalue weighted by Crippen LogP contribution is -2.40. The minimum atomic E-state index is -0.411. The van der Waals surface area contributed by atoms with E-state index in [-0.39, 0.29) is 5.85 Å². The molecule has 0 aliphatic rings. The van der Waals surface area contributed by atoms with Crippen molar-refractivity contribution >= 4 is 14.6 Å². The molecule has 0 aliphatic heterocycles. The Morgan fingerprint density at radius 2 is 2.20 bits per heavy atom. The lowest BCUT2D eigenvalue weighted by molar-refractivity contribution is -0.871. The standard InChI is InChI=1S/C10H20NO3P/c1-5-9(12)14-6-7-15-10(13)8-11(2,3)4/h5,10,13H,1,6-8H2,2-4H3. The van der Waals surface area contributed by atoms with Crippen LogP contribution < -0.4 is 0 Å². The van der Waals surface area contributed by atoms with Crippen molar-refractivity contribution in [1.29, 1.82) is 0 Å². The van der Waals surface area contributed by atoms with Crippen molar-refractivity contribution < 1.29 is 19.1 Å². The van der Waals surface area contributed by atoms with Crippen molar-refractivity contribution in [3.63, 3.8) is 0 Å². The maximum absolute atomic E-state index is 10.7. The zero-order chi connectivity index (χ0) is 11.9. The quantitative estimate of drug-likeness (QED) is 0.231. The van der Waals surface area contributed by atoms with E-state index in [1.807, 2.05) is 21.1 Å². The molecule has 0 saturated carbocycles. The van der Waals surface area contributed by atoms with Gasteiger partial charge in [-0.1, -0.05) is 6.58 Å². The van der Waals surface area contributed by atoms with E-state index in [0.29, 0.717) is 19.3 Å². The molecule has 0 fully saturated rings. The van der Waals surface area contributed by atoms with Gasteiger partial charge in [0.15, 0.2) is 0 Å². The number of carbonyl (C=O) groups excluding carboxylic acids is 1. The molecule has 0 spiro atoms. The second-order valence-electron chi connectivity index (χ2n) is 4.23. The number of rotatable bonds is 7. The molecule has 1 unspecified atom stereocenters. The third kappa shape index (κ3) is 9.85. The van der Waals surface area contributed by atoms with Gasteiger partial charge in [-0.3, -0.25) is 0 Å². The van der Waals surface area contributed by atoms with Gasteiger partial charge in [0.2, 0.25) is 0 Å². The minimum Gasteiger partial charge on any atom is -0.498 e. The van der Waals surface area contributed by atoms with Gasteiger partial charge in [0.25, 0.3) is 0 Å². The first-order valence-corrected chi connectivity index (χ1v) is 5.94. The molecule has 0 amide bonds. The summed E-state index contributed by atoms with van der Waals surface area (Å²) in [4.78, 5) is 10.7. The van der Waals surface area contributed by atoms with Crippen LogP contribution in [0, 0.1) is 0 Å². The molecule has 0 heterocycles. The van der Waals surface area contributed by atoms with Gasteiger partial charge in [0.1, 0.15) is 0 Å². The van der Waals surface area contributed by atoms with Gasteiger partial charge in [-0.15, -0.1) is 6.16 Å². The number of quaternary nitrogens is 1. The van der Waals surface area contributed by atoms with Crippen LogP contribution in [0.2, 0.25) is 0 Å². The van der Waals surface area contributed by atoms with Crippen LogP contribution in [0.4, 0.5) is 0 Å². The molecule has 0 aromatic rings. The molecule has 0 radical (unpaired) electrons. The summed E-state index contributed by atoms with van der Waals surface area (Å²) >= 11 is 0. The Morgan fingerprint density at radius 1 is 1.60 bits per heavy atom. The van der Waals surface area contributed by atoms with E-state index >= 15 is 0 Å². The Kier molecular flexibility index (Phi) is 6.73. The van der Waals surface area contributed by atoms with E-state index in [4.69, 9.17) is 4.74 Å². The lowest BCUT2D eigenvalue weighted by Gasteiger charge is -2.33. The Labute approximate surface area is 93.3 Å². The summed E-state index contributed by atoms with van der Waals surface area (Å²) in [7, 11) is 6.97. The number of nitrogens with zero attached hydrogens (tertiary/aromatic N) is 1. The van der Waals surface area contributed by atoms with Crippen molar-refractivity contribution in [2.45, 2.75) is 5.85 Å². The molecule has 0 bridgehead atoms. The molecule has 0 aliphatic carbocycles. The first-order chi connectivity index (χ1) is 6.85. The molecule has 4 nitrogen and oxygen atoms in total. The van der Waals surface area contributed by atoms with E-state index < -0.39 is 5.97 Å². The highest BCUT2D eigenvalue weighted by molar-refractivity contribution is 7.38. The first kappa shape index (κ1) is 14.6. The zero-order valence-electron chi connectivity index (χ0n) is 9.64. The van der Waals surface area contributed by atoms with Crippen molar-refractivity contribution in [3.8, 4) is 0 Å². The average molecular weight is 233 g/mol. The average Bonchev–Trinajstić information content (AvgIpc) is 2.09. The molecule has 0 aromatic heterocycles. The summed E-state index contributed by atoms with van der Waals surface area (Å²) in [6.07, 6.45) is 1.79. The van der Waals surface area contributed by atoms with Crippen molar-refractivity contribution in [2.24, 2.45) is 0 Å². The van der Waals surface area contributed by atoms with Crippen LogP contribution in [-0.2, 0) is 9.53 Å². The number of ether oxygens (including phenoxy) is 1. The van der Waals surface area contributed by atoms with Crippen LogP contribution in [0.15, 0.2) is 12.7 Å². The summed E-state index contributed by atoms with van der Waals surface area (Å²) in [5.74, 6) is -0.779.